The highest BCUT2D eigenvalue weighted by Crippen LogP contribution is 2.45. The summed E-state index contributed by atoms with van der Waals surface area (Å²) in [5, 5.41) is 33.6. The van der Waals surface area contributed by atoms with Crippen LogP contribution < -0.4 is 48.3 Å². The first-order valence-electron chi connectivity index (χ1n) is 18.0. The van der Waals surface area contributed by atoms with Crippen LogP contribution in [0.25, 0.3) is 0 Å². The highest BCUT2D eigenvalue weighted by Gasteiger charge is 2.54. The number of hydrogen-bond acceptors (Lipinski definition) is 9. The fourth-order valence-electron chi connectivity index (χ4n) is 12.0. The van der Waals surface area contributed by atoms with Crippen LogP contribution in [-0.2, 0) is 0 Å². The Morgan fingerprint density at radius 1 is 0.293 bits per heavy atom. The number of rotatable bonds is 0. The zero-order valence-electron chi connectivity index (χ0n) is 25.0. The van der Waals surface area contributed by atoms with Crippen molar-refractivity contribution in [3.05, 3.63) is 0 Å². The van der Waals surface area contributed by atoms with E-state index in [1.54, 1.807) is 0 Å². The molecule has 0 aromatic carbocycles. The topological polar surface area (TPSA) is 122 Å². The molecule has 5 heterocycles. The average Bonchev–Trinajstić information content (AvgIpc) is 3.72. The molecule has 0 amide bonds. The Labute approximate surface area is 247 Å². The summed E-state index contributed by atoms with van der Waals surface area (Å²) in [5.41, 5.74) is 6.63. The van der Waals surface area contributed by atoms with Crippen molar-refractivity contribution < 1.29 is 0 Å². The van der Waals surface area contributed by atoms with Gasteiger partial charge in [-0.1, -0.05) is 38.5 Å². The van der Waals surface area contributed by atoms with E-state index >= 15 is 0 Å². The van der Waals surface area contributed by atoms with E-state index in [2.05, 4.69) is 42.5 Å². The van der Waals surface area contributed by atoms with Gasteiger partial charge < -0.3 is 5.73 Å². The quantitative estimate of drug-likeness (QED) is 0.215. The van der Waals surface area contributed by atoms with Gasteiger partial charge in [-0.2, -0.15) is 0 Å². The molecule has 0 aromatic rings. The largest absolute Gasteiger partial charge is 0.328 e. The Balaban J connectivity index is 1.05. The Morgan fingerprint density at radius 2 is 0.537 bits per heavy atom. The number of nitrogens with one attached hydrogen (secondary N) is 8. The van der Waals surface area contributed by atoms with Crippen molar-refractivity contribution in [2.24, 2.45) is 53.1 Å². The van der Waals surface area contributed by atoms with Crippen molar-refractivity contribution in [3.8, 4) is 0 Å². The minimum Gasteiger partial charge on any atom is -0.328 e. The van der Waals surface area contributed by atoms with Gasteiger partial charge in [-0.15, -0.1) is 0 Å². The maximum Gasteiger partial charge on any atom is 0.0629 e. The van der Waals surface area contributed by atoms with Crippen molar-refractivity contribution in [1.29, 1.82) is 0 Å². The van der Waals surface area contributed by atoms with Crippen LogP contribution in [0.3, 0.4) is 0 Å². The molecule has 230 valence electrons. The third-order valence-corrected chi connectivity index (χ3v) is 13.9. The summed E-state index contributed by atoms with van der Waals surface area (Å²) in [6.07, 6.45) is 23.0. The van der Waals surface area contributed by atoms with Gasteiger partial charge in [0, 0.05) is 6.04 Å². The molecule has 10 N–H and O–H groups in total. The zero-order chi connectivity index (χ0) is 27.1. The van der Waals surface area contributed by atoms with Gasteiger partial charge >= 0.3 is 0 Å². The van der Waals surface area contributed by atoms with E-state index in [0.29, 0.717) is 85.0 Å². The van der Waals surface area contributed by atoms with E-state index in [9.17, 15) is 0 Å². The number of hydrogen-bond donors (Lipinski definition) is 9. The maximum absolute atomic E-state index is 6.63. The fraction of sp³-hybridized carbons (Fsp3) is 1.00. The molecule has 9 aliphatic rings. The molecule has 5 saturated heterocycles. The second-order valence-corrected chi connectivity index (χ2v) is 15.9. The summed E-state index contributed by atoms with van der Waals surface area (Å²) in [6, 6.07) is 0.342. The van der Waals surface area contributed by atoms with Gasteiger partial charge in [0.1, 0.15) is 0 Å². The maximum atomic E-state index is 6.63. The predicted octanol–water partition coefficient (Wildman–Crippen LogP) is 1.54. The fourth-order valence-corrected chi connectivity index (χ4v) is 12.0. The summed E-state index contributed by atoms with van der Waals surface area (Å²) < 4.78 is 0. The minimum absolute atomic E-state index is 0.324. The van der Waals surface area contributed by atoms with Gasteiger partial charge in [-0.25, -0.2) is 0 Å². The Kier molecular flexibility index (Phi) is 7.19. The lowest BCUT2D eigenvalue weighted by Crippen LogP contribution is -2.61. The van der Waals surface area contributed by atoms with Crippen LogP contribution in [0.1, 0.15) is 96.3 Å². The van der Waals surface area contributed by atoms with Crippen LogP contribution in [0.2, 0.25) is 0 Å². The SMILES string of the molecule is NC1CCC2C3NC4NC(NC5NC(NC6NC(NC(N3)C2C1)C1CCCCC61)C1CCCCC51)C1CCCCC41. The zero-order valence-corrected chi connectivity index (χ0v) is 25.0. The van der Waals surface area contributed by atoms with E-state index in [-0.39, 0.29) is 0 Å². The monoisotopic (exact) mass is 567 g/mol. The first-order valence-corrected chi connectivity index (χ1v) is 18.0. The molecule has 4 aliphatic carbocycles. The molecule has 5 aliphatic heterocycles. The second kappa shape index (κ2) is 10.9. The molecule has 0 spiro atoms. The van der Waals surface area contributed by atoms with Crippen LogP contribution in [0.5, 0.6) is 0 Å². The summed E-state index contributed by atoms with van der Waals surface area (Å²) in [5.74, 6) is 5.57. The first kappa shape index (κ1) is 27.0. The number of fused-ring (bicyclic) bond motifs is 20. The van der Waals surface area contributed by atoms with Crippen LogP contribution in [0, 0.1) is 47.3 Å². The van der Waals surface area contributed by atoms with Gasteiger partial charge in [0.25, 0.3) is 0 Å². The van der Waals surface area contributed by atoms with Crippen molar-refractivity contribution in [2.45, 2.75) is 152 Å². The molecule has 9 heteroatoms. The number of nitrogens with two attached hydrogens (primary N) is 1. The van der Waals surface area contributed by atoms with Crippen molar-refractivity contribution in [2.75, 3.05) is 0 Å². The van der Waals surface area contributed by atoms with Crippen LogP contribution in [-0.4, -0.2) is 55.4 Å². The van der Waals surface area contributed by atoms with Crippen molar-refractivity contribution in [3.63, 3.8) is 0 Å². The van der Waals surface area contributed by atoms with Crippen LogP contribution in [0.4, 0.5) is 0 Å². The van der Waals surface area contributed by atoms with Gasteiger partial charge in [0.05, 0.1) is 49.3 Å². The van der Waals surface area contributed by atoms with Crippen LogP contribution in [0.15, 0.2) is 0 Å². The highest BCUT2D eigenvalue weighted by molar-refractivity contribution is 5.08. The van der Waals surface area contributed by atoms with Gasteiger partial charge in [-0.3, -0.25) is 42.5 Å². The lowest BCUT2D eigenvalue weighted by atomic mass is 9.75. The lowest BCUT2D eigenvalue weighted by Gasteiger charge is -2.36. The summed E-state index contributed by atoms with van der Waals surface area (Å²) in [4.78, 5) is 0. The van der Waals surface area contributed by atoms with Gasteiger partial charge in [-0.05, 0) is 105 Å². The molecule has 17 unspecified atom stereocenters. The average molecular weight is 568 g/mol. The molecular formula is C32H57N9. The lowest BCUT2D eigenvalue weighted by molar-refractivity contribution is 0.162. The predicted molar refractivity (Wildman–Crippen MR) is 161 cm³/mol. The molecule has 17 atom stereocenters. The summed E-state index contributed by atoms with van der Waals surface area (Å²) in [7, 11) is 0. The molecule has 8 bridgehead atoms. The Morgan fingerprint density at radius 3 is 0.829 bits per heavy atom. The van der Waals surface area contributed by atoms with E-state index in [4.69, 9.17) is 5.73 Å². The Hall–Kier alpha value is -0.360. The summed E-state index contributed by atoms with van der Waals surface area (Å²) >= 11 is 0. The van der Waals surface area contributed by atoms with E-state index in [1.165, 1.54) is 83.5 Å². The van der Waals surface area contributed by atoms with Crippen LogP contribution >= 0.6 is 0 Å². The normalized spacial score (nSPS) is 58.3. The molecule has 0 radical (unpaired) electrons. The second-order valence-electron chi connectivity index (χ2n) is 15.9. The third-order valence-electron chi connectivity index (χ3n) is 13.9. The van der Waals surface area contributed by atoms with Crippen molar-refractivity contribution >= 4 is 0 Å². The van der Waals surface area contributed by atoms with Gasteiger partial charge in [0.15, 0.2) is 0 Å². The third kappa shape index (κ3) is 4.67. The highest BCUT2D eigenvalue weighted by atomic mass is 15.4. The first-order chi connectivity index (χ1) is 20.2. The molecule has 4 saturated carbocycles. The summed E-state index contributed by atoms with van der Waals surface area (Å²) in [6.45, 7) is 0. The molecule has 9 fully saturated rings. The van der Waals surface area contributed by atoms with E-state index in [1.807, 2.05) is 0 Å². The molecular weight excluding hydrogens is 510 g/mol. The molecule has 9 nitrogen and oxygen atoms in total. The molecule has 9 rings (SSSR count). The smallest absolute Gasteiger partial charge is 0.0629 e. The molecule has 0 aromatic heterocycles. The van der Waals surface area contributed by atoms with E-state index < -0.39 is 0 Å². The van der Waals surface area contributed by atoms with Gasteiger partial charge in [0.2, 0.25) is 0 Å². The standard InChI is InChI=1S/C32H57N9/c33-16-13-14-23-24(15-16)32-40-30-22-12-6-5-11-21(22)28(38-30)36-26-18-8-2-1-7-17(18)25(34-26)35-27-19-9-3-4-10-20(19)29(37-27)39-31(23)41-32/h16-32,34-41H,1-15,33H2. The minimum atomic E-state index is 0.324. The van der Waals surface area contributed by atoms with E-state index in [0.717, 1.165) is 30.6 Å². The Bertz CT molecular complexity index is 948. The molecule has 41 heavy (non-hydrogen) atoms. The van der Waals surface area contributed by atoms with Crippen molar-refractivity contribution in [1.82, 2.24) is 42.5 Å².